The fourth-order valence-corrected chi connectivity index (χ4v) is 4.37. The van der Waals surface area contributed by atoms with Crippen LogP contribution >= 0.6 is 38.9 Å². The Bertz CT molecular complexity index is 703. The van der Waals surface area contributed by atoms with Gasteiger partial charge in [0.1, 0.15) is 0 Å². The van der Waals surface area contributed by atoms with Gasteiger partial charge in [-0.1, -0.05) is 51.8 Å². The van der Waals surface area contributed by atoms with Crippen LogP contribution in [0, 0.1) is 0 Å². The maximum Gasteiger partial charge on any atom is 0.0828 e. The van der Waals surface area contributed by atoms with Gasteiger partial charge in [0.2, 0.25) is 0 Å². The molecule has 0 fully saturated rings. The molecule has 3 N–H and O–H groups in total. The molecular formula is C15H12BrClN2S. The van der Waals surface area contributed by atoms with Crippen LogP contribution in [-0.2, 0) is 0 Å². The third-order valence-corrected chi connectivity index (χ3v) is 5.39. The first kappa shape index (κ1) is 14.0. The van der Waals surface area contributed by atoms with Crippen LogP contribution in [0.4, 0.5) is 0 Å². The Morgan fingerprint density at radius 1 is 1.15 bits per heavy atom. The third kappa shape index (κ3) is 2.50. The molecule has 5 heteroatoms. The van der Waals surface area contributed by atoms with Crippen LogP contribution in [0.3, 0.4) is 0 Å². The fraction of sp³-hybridized carbons (Fsp3) is 0.0667. The van der Waals surface area contributed by atoms with E-state index in [1.165, 1.54) is 10.1 Å². The Balaban J connectivity index is 2.14. The number of hydrazine groups is 1. The third-order valence-electron chi connectivity index (χ3n) is 3.18. The zero-order valence-electron chi connectivity index (χ0n) is 10.4. The number of nitrogens with one attached hydrogen (secondary N) is 1. The lowest BCUT2D eigenvalue weighted by atomic mass is 10.1. The first-order valence-electron chi connectivity index (χ1n) is 6.09. The van der Waals surface area contributed by atoms with Gasteiger partial charge in [-0.05, 0) is 29.7 Å². The molecule has 0 bridgehead atoms. The van der Waals surface area contributed by atoms with Crippen LogP contribution in [0.5, 0.6) is 0 Å². The molecule has 3 rings (SSSR count). The molecule has 0 aliphatic carbocycles. The van der Waals surface area contributed by atoms with Crippen LogP contribution in [0.1, 0.15) is 16.5 Å². The van der Waals surface area contributed by atoms with Crippen LogP contribution in [-0.4, -0.2) is 0 Å². The summed E-state index contributed by atoms with van der Waals surface area (Å²) in [6.07, 6.45) is 0. The number of fused-ring (bicyclic) bond motifs is 1. The summed E-state index contributed by atoms with van der Waals surface area (Å²) in [5.74, 6) is 5.77. The lowest BCUT2D eigenvalue weighted by Gasteiger charge is -2.17. The number of hydrogen-bond acceptors (Lipinski definition) is 3. The highest BCUT2D eigenvalue weighted by Crippen LogP contribution is 2.38. The van der Waals surface area contributed by atoms with Crippen LogP contribution in [0.25, 0.3) is 10.1 Å². The first-order valence-corrected chi connectivity index (χ1v) is 8.08. The zero-order chi connectivity index (χ0) is 14.1. The summed E-state index contributed by atoms with van der Waals surface area (Å²) in [5, 5.41) is 1.91. The molecule has 0 radical (unpaired) electrons. The van der Waals surface area contributed by atoms with Crippen LogP contribution < -0.4 is 11.3 Å². The highest BCUT2D eigenvalue weighted by atomic mass is 79.9. The number of halogens is 2. The zero-order valence-corrected chi connectivity index (χ0v) is 13.6. The van der Waals surface area contributed by atoms with Crippen molar-refractivity contribution in [1.29, 1.82) is 0 Å². The smallest absolute Gasteiger partial charge is 0.0828 e. The van der Waals surface area contributed by atoms with Crippen molar-refractivity contribution in [2.75, 3.05) is 0 Å². The Labute approximate surface area is 134 Å². The lowest BCUT2D eigenvalue weighted by molar-refractivity contribution is 0.645. The van der Waals surface area contributed by atoms with E-state index in [1.807, 2.05) is 30.3 Å². The molecule has 2 aromatic carbocycles. The van der Waals surface area contributed by atoms with Gasteiger partial charge in [-0.3, -0.25) is 5.84 Å². The second kappa shape index (κ2) is 5.84. The molecule has 3 aromatic rings. The molecule has 1 atom stereocenters. The van der Waals surface area contributed by atoms with Gasteiger partial charge >= 0.3 is 0 Å². The van der Waals surface area contributed by atoms with E-state index < -0.39 is 0 Å². The molecule has 0 aliphatic rings. The van der Waals surface area contributed by atoms with Gasteiger partial charge in [-0.25, -0.2) is 5.43 Å². The van der Waals surface area contributed by atoms with Crippen molar-refractivity contribution in [2.24, 2.45) is 5.84 Å². The molecule has 0 amide bonds. The number of hydrogen-bond donors (Lipinski definition) is 2. The van der Waals surface area contributed by atoms with Crippen LogP contribution in [0.15, 0.2) is 53.0 Å². The molecule has 20 heavy (non-hydrogen) atoms. The largest absolute Gasteiger partial charge is 0.271 e. The van der Waals surface area contributed by atoms with E-state index in [0.717, 1.165) is 14.9 Å². The maximum absolute atomic E-state index is 6.33. The molecular weight excluding hydrogens is 356 g/mol. The number of nitrogens with two attached hydrogens (primary N) is 1. The van der Waals surface area contributed by atoms with Gasteiger partial charge in [0, 0.05) is 24.6 Å². The maximum atomic E-state index is 6.33. The molecule has 0 saturated heterocycles. The number of thiophene rings is 1. The predicted octanol–water partition coefficient (Wildman–Crippen LogP) is 4.87. The molecule has 0 saturated carbocycles. The SMILES string of the molecule is NNC(c1cc2ccccc2s1)c1c(Cl)cccc1Br. The first-order chi connectivity index (χ1) is 9.70. The average molecular weight is 368 g/mol. The summed E-state index contributed by atoms with van der Waals surface area (Å²) in [7, 11) is 0. The Hall–Kier alpha value is -0.910. The Kier molecular flexibility index (Phi) is 4.10. The average Bonchev–Trinajstić information content (AvgIpc) is 2.86. The molecule has 102 valence electrons. The fourth-order valence-electron chi connectivity index (χ4n) is 2.24. The summed E-state index contributed by atoms with van der Waals surface area (Å²) in [4.78, 5) is 1.14. The molecule has 1 aromatic heterocycles. The molecule has 2 nitrogen and oxygen atoms in total. The molecule has 0 spiro atoms. The van der Waals surface area contributed by atoms with E-state index in [4.69, 9.17) is 17.4 Å². The van der Waals surface area contributed by atoms with Crippen molar-refractivity contribution in [3.63, 3.8) is 0 Å². The number of benzene rings is 2. The van der Waals surface area contributed by atoms with E-state index in [0.29, 0.717) is 5.02 Å². The highest BCUT2D eigenvalue weighted by Gasteiger charge is 2.20. The Morgan fingerprint density at radius 2 is 1.95 bits per heavy atom. The molecule has 1 heterocycles. The van der Waals surface area contributed by atoms with Crippen molar-refractivity contribution in [2.45, 2.75) is 6.04 Å². The second-order valence-electron chi connectivity index (χ2n) is 4.42. The molecule has 1 unspecified atom stereocenters. The van der Waals surface area contributed by atoms with Gasteiger partial charge < -0.3 is 0 Å². The van der Waals surface area contributed by atoms with Gasteiger partial charge in [0.25, 0.3) is 0 Å². The van der Waals surface area contributed by atoms with E-state index >= 15 is 0 Å². The van der Waals surface area contributed by atoms with Gasteiger partial charge in [-0.2, -0.15) is 0 Å². The van der Waals surface area contributed by atoms with E-state index in [-0.39, 0.29) is 6.04 Å². The van der Waals surface area contributed by atoms with Crippen LogP contribution in [0.2, 0.25) is 5.02 Å². The Morgan fingerprint density at radius 3 is 2.65 bits per heavy atom. The predicted molar refractivity (Wildman–Crippen MR) is 90.1 cm³/mol. The van der Waals surface area contributed by atoms with Gasteiger partial charge in [0.05, 0.1) is 6.04 Å². The van der Waals surface area contributed by atoms with Crippen molar-refractivity contribution in [3.05, 3.63) is 68.5 Å². The number of rotatable bonds is 3. The van der Waals surface area contributed by atoms with E-state index in [9.17, 15) is 0 Å². The summed E-state index contributed by atoms with van der Waals surface area (Å²) in [6, 6.07) is 16.1. The summed E-state index contributed by atoms with van der Waals surface area (Å²) >= 11 is 11.6. The van der Waals surface area contributed by atoms with Crippen molar-refractivity contribution < 1.29 is 0 Å². The minimum Gasteiger partial charge on any atom is -0.271 e. The van der Waals surface area contributed by atoms with E-state index in [2.05, 4.69) is 39.6 Å². The quantitative estimate of drug-likeness (QED) is 0.512. The monoisotopic (exact) mass is 366 g/mol. The van der Waals surface area contributed by atoms with Crippen molar-refractivity contribution >= 4 is 49.0 Å². The van der Waals surface area contributed by atoms with Gasteiger partial charge in [0.15, 0.2) is 0 Å². The standard InChI is InChI=1S/C15H12BrClN2S/c16-10-5-3-6-11(17)14(10)15(19-18)13-8-9-4-1-2-7-12(9)20-13/h1-8,15,19H,18H2. The van der Waals surface area contributed by atoms with Crippen molar-refractivity contribution in [3.8, 4) is 0 Å². The topological polar surface area (TPSA) is 38.0 Å². The second-order valence-corrected chi connectivity index (χ2v) is 6.80. The van der Waals surface area contributed by atoms with Gasteiger partial charge in [-0.15, -0.1) is 11.3 Å². The molecule has 0 aliphatic heterocycles. The van der Waals surface area contributed by atoms with E-state index in [1.54, 1.807) is 11.3 Å². The summed E-state index contributed by atoms with van der Waals surface area (Å²) < 4.78 is 2.19. The normalized spacial score (nSPS) is 12.8. The minimum absolute atomic E-state index is 0.129. The highest BCUT2D eigenvalue weighted by molar-refractivity contribution is 9.10. The summed E-state index contributed by atoms with van der Waals surface area (Å²) in [6.45, 7) is 0. The summed E-state index contributed by atoms with van der Waals surface area (Å²) in [5.41, 5.74) is 3.83. The minimum atomic E-state index is -0.129. The van der Waals surface area contributed by atoms with Crippen molar-refractivity contribution in [1.82, 2.24) is 5.43 Å². The lowest BCUT2D eigenvalue weighted by Crippen LogP contribution is -2.28.